The molecule has 0 bridgehead atoms. The fourth-order valence-corrected chi connectivity index (χ4v) is 2.92. The quantitative estimate of drug-likeness (QED) is 0.784. The number of para-hydroxylation sites is 1. The molecule has 2 nitrogen and oxygen atoms in total. The molecule has 88 valence electrons. The molecule has 0 aliphatic heterocycles. The highest BCUT2D eigenvalue weighted by molar-refractivity contribution is 9.09. The van der Waals surface area contributed by atoms with Gasteiger partial charge in [0.15, 0.2) is 0 Å². The number of rotatable bonds is 2. The summed E-state index contributed by atoms with van der Waals surface area (Å²) >= 11 is 3.58. The highest BCUT2D eigenvalue weighted by Gasteiger charge is 2.28. The number of benzene rings is 1. The van der Waals surface area contributed by atoms with Gasteiger partial charge in [0.05, 0.1) is 0 Å². The second-order valence-electron chi connectivity index (χ2n) is 4.59. The van der Waals surface area contributed by atoms with Crippen LogP contribution in [0.2, 0.25) is 0 Å². The Bertz CT molecular complexity index is 549. The first-order valence-electron chi connectivity index (χ1n) is 5.89. The van der Waals surface area contributed by atoms with E-state index in [4.69, 9.17) is 4.74 Å². The van der Waals surface area contributed by atoms with Crippen molar-refractivity contribution in [3.8, 4) is 5.75 Å². The van der Waals surface area contributed by atoms with Gasteiger partial charge in [-0.3, -0.25) is 0 Å². The molecule has 17 heavy (non-hydrogen) atoms. The van der Waals surface area contributed by atoms with Crippen LogP contribution in [0.5, 0.6) is 5.75 Å². The number of pyridine rings is 1. The van der Waals surface area contributed by atoms with Crippen LogP contribution < -0.4 is 4.74 Å². The van der Waals surface area contributed by atoms with Crippen LogP contribution in [0.4, 0.5) is 0 Å². The summed E-state index contributed by atoms with van der Waals surface area (Å²) in [5.41, 5.74) is 2.01. The highest BCUT2D eigenvalue weighted by atomic mass is 79.9. The predicted molar refractivity (Wildman–Crippen MR) is 72.8 cm³/mol. The first-order chi connectivity index (χ1) is 8.22. The maximum absolute atomic E-state index is 6.00. The fourth-order valence-electron chi connectivity index (χ4n) is 2.09. The molecule has 1 aromatic carbocycles. The number of alkyl halides is 1. The van der Waals surface area contributed by atoms with Crippen molar-refractivity contribution in [1.29, 1.82) is 0 Å². The Morgan fingerprint density at radius 2 is 2.06 bits per heavy atom. The maximum Gasteiger partial charge on any atom is 0.145 e. The largest absolute Gasteiger partial charge is 0.488 e. The van der Waals surface area contributed by atoms with E-state index < -0.39 is 0 Å². The Kier molecular flexibility index (Phi) is 2.79. The van der Waals surface area contributed by atoms with Crippen molar-refractivity contribution < 1.29 is 4.74 Å². The van der Waals surface area contributed by atoms with Crippen molar-refractivity contribution in [3.63, 3.8) is 0 Å². The predicted octanol–water partition coefficient (Wildman–Crippen LogP) is 3.85. The van der Waals surface area contributed by atoms with Crippen LogP contribution in [0.1, 0.15) is 18.5 Å². The molecule has 0 saturated heterocycles. The van der Waals surface area contributed by atoms with E-state index >= 15 is 0 Å². The Labute approximate surface area is 109 Å². The van der Waals surface area contributed by atoms with Gasteiger partial charge in [0.2, 0.25) is 0 Å². The molecule has 0 spiro atoms. The maximum atomic E-state index is 6.00. The van der Waals surface area contributed by atoms with E-state index in [9.17, 15) is 0 Å². The summed E-state index contributed by atoms with van der Waals surface area (Å²) in [6, 6.07) is 10.2. The zero-order valence-electron chi connectivity index (χ0n) is 9.69. The molecule has 1 saturated carbocycles. The molecule has 0 atom stereocenters. The minimum Gasteiger partial charge on any atom is -0.488 e. The third-order valence-corrected chi connectivity index (χ3v) is 3.90. The van der Waals surface area contributed by atoms with Crippen LogP contribution in [-0.4, -0.2) is 15.9 Å². The molecule has 1 fully saturated rings. The number of aryl methyl sites for hydroxylation is 1. The Balaban J connectivity index is 1.95. The lowest BCUT2D eigenvalue weighted by Crippen LogP contribution is -2.34. The third-order valence-electron chi connectivity index (χ3n) is 3.15. The van der Waals surface area contributed by atoms with Gasteiger partial charge in [0, 0.05) is 15.9 Å². The van der Waals surface area contributed by atoms with Gasteiger partial charge in [-0.1, -0.05) is 34.1 Å². The second kappa shape index (κ2) is 4.30. The van der Waals surface area contributed by atoms with Crippen molar-refractivity contribution in [3.05, 3.63) is 36.0 Å². The molecule has 1 heterocycles. The normalized spacial score (nSPS) is 23.4. The minimum atomic E-state index is 0.340. The summed E-state index contributed by atoms with van der Waals surface area (Å²) in [7, 11) is 0. The first-order valence-corrected chi connectivity index (χ1v) is 6.81. The van der Waals surface area contributed by atoms with Gasteiger partial charge < -0.3 is 4.74 Å². The van der Waals surface area contributed by atoms with E-state index in [1.165, 1.54) is 0 Å². The molecule has 3 rings (SSSR count). The van der Waals surface area contributed by atoms with Gasteiger partial charge in [-0.05, 0) is 31.9 Å². The fraction of sp³-hybridized carbons (Fsp3) is 0.357. The lowest BCUT2D eigenvalue weighted by atomic mass is 9.96. The third kappa shape index (κ3) is 2.16. The van der Waals surface area contributed by atoms with Gasteiger partial charge in [-0.15, -0.1) is 0 Å². The van der Waals surface area contributed by atoms with Gasteiger partial charge in [0.1, 0.15) is 17.4 Å². The molecular formula is C14H14BrNO. The van der Waals surface area contributed by atoms with Crippen molar-refractivity contribution in [2.45, 2.75) is 30.7 Å². The van der Waals surface area contributed by atoms with Crippen LogP contribution in [0.15, 0.2) is 30.3 Å². The van der Waals surface area contributed by atoms with Crippen LogP contribution in [-0.2, 0) is 0 Å². The van der Waals surface area contributed by atoms with Gasteiger partial charge in [-0.25, -0.2) is 4.98 Å². The zero-order chi connectivity index (χ0) is 11.8. The van der Waals surface area contributed by atoms with E-state index in [1.807, 2.05) is 25.1 Å². The summed E-state index contributed by atoms with van der Waals surface area (Å²) in [6.07, 6.45) is 2.51. The highest BCUT2D eigenvalue weighted by Crippen LogP contribution is 2.33. The number of fused-ring (bicyclic) bond motifs is 1. The number of ether oxygens (including phenoxy) is 1. The van der Waals surface area contributed by atoms with E-state index in [2.05, 4.69) is 33.0 Å². The molecule has 3 heteroatoms. The second-order valence-corrected chi connectivity index (χ2v) is 5.88. The average molecular weight is 292 g/mol. The van der Waals surface area contributed by atoms with Gasteiger partial charge in [-0.2, -0.15) is 0 Å². The van der Waals surface area contributed by atoms with Crippen molar-refractivity contribution >= 4 is 26.8 Å². The molecule has 1 aliphatic rings. The summed E-state index contributed by atoms with van der Waals surface area (Å²) in [5, 5.41) is 1.14. The number of nitrogens with zero attached hydrogens (tertiary/aromatic N) is 1. The van der Waals surface area contributed by atoms with Crippen LogP contribution in [0.3, 0.4) is 0 Å². The van der Waals surface area contributed by atoms with E-state index in [1.54, 1.807) is 0 Å². The summed E-state index contributed by atoms with van der Waals surface area (Å²) < 4.78 is 6.00. The van der Waals surface area contributed by atoms with E-state index in [0.29, 0.717) is 10.9 Å². The SMILES string of the molecule is Cc1ccc2cccc(OC3CC(Br)C3)c2n1. The minimum absolute atomic E-state index is 0.340. The van der Waals surface area contributed by atoms with E-state index in [0.717, 1.165) is 35.2 Å². The number of hydrogen-bond donors (Lipinski definition) is 0. The smallest absolute Gasteiger partial charge is 0.145 e. The Hall–Kier alpha value is -1.09. The molecular weight excluding hydrogens is 278 g/mol. The Morgan fingerprint density at radius 3 is 2.82 bits per heavy atom. The molecule has 1 aliphatic carbocycles. The zero-order valence-corrected chi connectivity index (χ0v) is 11.3. The summed E-state index contributed by atoms with van der Waals surface area (Å²) in [5.74, 6) is 0.913. The van der Waals surface area contributed by atoms with Gasteiger partial charge in [0.25, 0.3) is 0 Å². The molecule has 0 amide bonds. The van der Waals surface area contributed by atoms with E-state index in [-0.39, 0.29) is 0 Å². The standard InChI is InChI=1S/C14H14BrNO/c1-9-5-6-10-3-2-4-13(14(10)16-9)17-12-7-11(15)8-12/h2-6,11-12H,7-8H2,1H3. The average Bonchev–Trinajstić information content (AvgIpc) is 2.28. The number of halogens is 1. The monoisotopic (exact) mass is 291 g/mol. The Morgan fingerprint density at radius 1 is 1.24 bits per heavy atom. The summed E-state index contributed by atoms with van der Waals surface area (Å²) in [6.45, 7) is 2.01. The molecule has 0 unspecified atom stereocenters. The van der Waals surface area contributed by atoms with Crippen LogP contribution in [0, 0.1) is 6.92 Å². The van der Waals surface area contributed by atoms with Gasteiger partial charge >= 0.3 is 0 Å². The molecule has 0 radical (unpaired) electrons. The lowest BCUT2D eigenvalue weighted by molar-refractivity contribution is 0.130. The topological polar surface area (TPSA) is 22.1 Å². The lowest BCUT2D eigenvalue weighted by Gasteiger charge is -2.31. The number of aromatic nitrogens is 1. The van der Waals surface area contributed by atoms with Crippen molar-refractivity contribution in [2.24, 2.45) is 0 Å². The number of hydrogen-bond acceptors (Lipinski definition) is 2. The summed E-state index contributed by atoms with van der Waals surface area (Å²) in [4.78, 5) is 5.19. The van der Waals surface area contributed by atoms with Crippen LogP contribution >= 0.6 is 15.9 Å². The molecule has 2 aromatic rings. The molecule has 0 N–H and O–H groups in total. The van der Waals surface area contributed by atoms with Crippen LogP contribution in [0.25, 0.3) is 10.9 Å². The van der Waals surface area contributed by atoms with Crippen molar-refractivity contribution in [1.82, 2.24) is 4.98 Å². The molecule has 1 aromatic heterocycles. The van der Waals surface area contributed by atoms with Crippen molar-refractivity contribution in [2.75, 3.05) is 0 Å². The first kappa shape index (κ1) is 11.0.